The molecule has 0 aromatic carbocycles. The lowest BCUT2D eigenvalue weighted by Gasteiger charge is -1.71. The second-order valence-electron chi connectivity index (χ2n) is 0.883. The fraction of sp³-hybridized carbons (Fsp3) is 0.500. The topological polar surface area (TPSA) is 80.4 Å². The molecule has 1 amide bonds. The first-order valence-electron chi connectivity index (χ1n) is 2.06. The smallest absolute Gasteiger partial charge is 0.303 e. The van der Waals surface area contributed by atoms with Crippen molar-refractivity contribution >= 4 is 12.4 Å². The van der Waals surface area contributed by atoms with E-state index in [1.54, 1.807) is 6.92 Å². The Labute approximate surface area is 47.3 Å². The third kappa shape index (κ3) is 86.8. The molecule has 0 aliphatic carbocycles. The number of hydrogen-bond acceptors (Lipinski definition) is 2. The first-order valence-corrected chi connectivity index (χ1v) is 2.06. The third-order valence-electron chi connectivity index (χ3n) is 0.302. The van der Waals surface area contributed by atoms with Gasteiger partial charge in [0, 0.05) is 6.42 Å². The van der Waals surface area contributed by atoms with Gasteiger partial charge in [-0.15, -0.1) is 0 Å². The minimum Gasteiger partial charge on any atom is -0.481 e. The van der Waals surface area contributed by atoms with Gasteiger partial charge in [-0.05, 0) is 0 Å². The summed E-state index contributed by atoms with van der Waals surface area (Å²) in [6.45, 7) is 1.60. The largest absolute Gasteiger partial charge is 0.481 e. The Hall–Kier alpha value is -1.06. The van der Waals surface area contributed by atoms with Crippen LogP contribution in [0.1, 0.15) is 13.3 Å². The molecule has 3 N–H and O–H groups in total. The van der Waals surface area contributed by atoms with Crippen molar-refractivity contribution in [2.24, 2.45) is 5.73 Å². The summed E-state index contributed by atoms with van der Waals surface area (Å²) >= 11 is 0. The number of carbonyl (C=O) groups excluding carboxylic acids is 1. The van der Waals surface area contributed by atoms with E-state index < -0.39 is 5.97 Å². The van der Waals surface area contributed by atoms with E-state index >= 15 is 0 Å². The zero-order valence-corrected chi connectivity index (χ0v) is 4.63. The lowest BCUT2D eigenvalue weighted by molar-refractivity contribution is -0.136. The summed E-state index contributed by atoms with van der Waals surface area (Å²) in [6, 6.07) is 0. The molecule has 0 aromatic heterocycles. The monoisotopic (exact) mass is 119 g/mol. The lowest BCUT2D eigenvalue weighted by atomic mass is 10.5. The zero-order valence-electron chi connectivity index (χ0n) is 4.63. The molecule has 0 saturated heterocycles. The van der Waals surface area contributed by atoms with Crippen LogP contribution in [-0.2, 0) is 9.59 Å². The van der Waals surface area contributed by atoms with Crippen molar-refractivity contribution in [1.29, 1.82) is 0 Å². The Bertz CT molecular complexity index is 71.7. The molecule has 0 rings (SSSR count). The molecule has 0 heterocycles. The van der Waals surface area contributed by atoms with E-state index in [0.29, 0.717) is 0 Å². The maximum absolute atomic E-state index is 9.37. The standard InChI is InChI=1S/C3H6O2.CH3NO/c1-2-3(4)5;2-1-3/h2H2,1H3,(H,4,5);1H,(H2,2,3). The van der Waals surface area contributed by atoms with Gasteiger partial charge in [0.05, 0.1) is 0 Å². The molecule has 0 fully saturated rings. The van der Waals surface area contributed by atoms with Gasteiger partial charge in [-0.3, -0.25) is 9.59 Å². The molecular weight excluding hydrogens is 110 g/mol. The van der Waals surface area contributed by atoms with E-state index in [9.17, 15) is 4.79 Å². The predicted octanol–water partition coefficient (Wildman–Crippen LogP) is -0.417. The van der Waals surface area contributed by atoms with Crippen LogP contribution in [0.4, 0.5) is 0 Å². The van der Waals surface area contributed by atoms with E-state index in [2.05, 4.69) is 5.73 Å². The summed E-state index contributed by atoms with van der Waals surface area (Å²) in [5.74, 6) is -0.745. The van der Waals surface area contributed by atoms with Crippen LogP contribution >= 0.6 is 0 Å². The maximum Gasteiger partial charge on any atom is 0.303 e. The zero-order chi connectivity index (χ0) is 6.99. The number of nitrogens with two attached hydrogens (primary N) is 1. The van der Waals surface area contributed by atoms with Crippen LogP contribution < -0.4 is 5.73 Å². The number of aliphatic carboxylic acids is 1. The number of rotatable bonds is 1. The molecule has 0 saturated carbocycles. The molecule has 4 nitrogen and oxygen atoms in total. The molecule has 0 bridgehead atoms. The Morgan fingerprint density at radius 3 is 2.00 bits per heavy atom. The summed E-state index contributed by atoms with van der Waals surface area (Å²) in [5, 5.41) is 7.72. The number of carboxylic acids is 1. The minimum absolute atomic E-state index is 0.222. The van der Waals surface area contributed by atoms with Crippen LogP contribution in [0.3, 0.4) is 0 Å². The van der Waals surface area contributed by atoms with Crippen LogP contribution in [0.2, 0.25) is 0 Å². The molecule has 0 spiro atoms. The third-order valence-corrected chi connectivity index (χ3v) is 0.302. The van der Waals surface area contributed by atoms with Gasteiger partial charge in [-0.2, -0.15) is 0 Å². The van der Waals surface area contributed by atoms with Crippen molar-refractivity contribution < 1.29 is 14.7 Å². The second kappa shape index (κ2) is 9.34. The van der Waals surface area contributed by atoms with Crippen molar-refractivity contribution in [1.82, 2.24) is 0 Å². The van der Waals surface area contributed by atoms with Gasteiger partial charge in [-0.1, -0.05) is 6.92 Å². The molecule has 8 heavy (non-hydrogen) atoms. The molecule has 0 aliphatic heterocycles. The summed E-state index contributed by atoms with van der Waals surface area (Å²) in [5.41, 5.74) is 4.17. The first kappa shape index (κ1) is 10.0. The Morgan fingerprint density at radius 1 is 1.88 bits per heavy atom. The van der Waals surface area contributed by atoms with Gasteiger partial charge in [0.1, 0.15) is 0 Å². The Kier molecular flexibility index (Phi) is 11.7. The average Bonchev–Trinajstić information content (AvgIpc) is 1.69. The molecule has 0 aliphatic rings. The fourth-order valence-corrected chi connectivity index (χ4v) is 0. The van der Waals surface area contributed by atoms with Gasteiger partial charge in [0.15, 0.2) is 0 Å². The molecule has 0 unspecified atom stereocenters. The molecular formula is C4H9NO3. The summed E-state index contributed by atoms with van der Waals surface area (Å²) < 4.78 is 0. The number of hydrogen-bond donors (Lipinski definition) is 2. The van der Waals surface area contributed by atoms with Crippen molar-refractivity contribution in [3.05, 3.63) is 0 Å². The van der Waals surface area contributed by atoms with Crippen molar-refractivity contribution in [2.45, 2.75) is 13.3 Å². The number of amides is 1. The van der Waals surface area contributed by atoms with Gasteiger partial charge in [-0.25, -0.2) is 0 Å². The highest BCUT2D eigenvalue weighted by molar-refractivity contribution is 5.66. The van der Waals surface area contributed by atoms with Crippen molar-refractivity contribution in [3.63, 3.8) is 0 Å². The normalized spacial score (nSPS) is 6.12. The van der Waals surface area contributed by atoms with Crippen LogP contribution in [0.25, 0.3) is 0 Å². The second-order valence-corrected chi connectivity index (χ2v) is 0.883. The fourth-order valence-electron chi connectivity index (χ4n) is 0. The van der Waals surface area contributed by atoms with Crippen molar-refractivity contribution in [2.75, 3.05) is 0 Å². The van der Waals surface area contributed by atoms with E-state index in [4.69, 9.17) is 9.90 Å². The molecule has 4 heteroatoms. The van der Waals surface area contributed by atoms with E-state index in [0.717, 1.165) is 0 Å². The van der Waals surface area contributed by atoms with Crippen LogP contribution in [-0.4, -0.2) is 17.5 Å². The molecule has 0 aromatic rings. The van der Waals surface area contributed by atoms with E-state index in [-0.39, 0.29) is 12.8 Å². The predicted molar refractivity (Wildman–Crippen MR) is 28.2 cm³/mol. The molecule has 48 valence electrons. The first-order chi connectivity index (χ1) is 3.68. The summed E-state index contributed by atoms with van der Waals surface area (Å²) in [6.07, 6.45) is 0.472. The average molecular weight is 119 g/mol. The van der Waals surface area contributed by atoms with E-state index in [1.807, 2.05) is 0 Å². The Morgan fingerprint density at radius 2 is 2.00 bits per heavy atom. The maximum atomic E-state index is 9.37. The van der Waals surface area contributed by atoms with Gasteiger partial charge >= 0.3 is 5.97 Å². The number of carboxylic acid groups (broad SMARTS) is 1. The minimum atomic E-state index is -0.745. The van der Waals surface area contributed by atoms with Crippen molar-refractivity contribution in [3.8, 4) is 0 Å². The highest BCUT2D eigenvalue weighted by Gasteiger charge is 1.80. The summed E-state index contributed by atoms with van der Waals surface area (Å²) in [4.78, 5) is 18.0. The molecule has 0 radical (unpaired) electrons. The van der Waals surface area contributed by atoms with Crippen LogP contribution in [0.15, 0.2) is 0 Å². The molecule has 0 atom stereocenters. The number of primary amides is 1. The lowest BCUT2D eigenvalue weighted by Crippen LogP contribution is -1.86. The Balaban J connectivity index is 0. The highest BCUT2D eigenvalue weighted by atomic mass is 16.4. The van der Waals surface area contributed by atoms with Crippen LogP contribution in [0.5, 0.6) is 0 Å². The van der Waals surface area contributed by atoms with Gasteiger partial charge in [0.25, 0.3) is 0 Å². The number of carbonyl (C=O) groups is 2. The summed E-state index contributed by atoms with van der Waals surface area (Å²) in [7, 11) is 0. The van der Waals surface area contributed by atoms with Gasteiger partial charge in [0.2, 0.25) is 6.41 Å². The van der Waals surface area contributed by atoms with Gasteiger partial charge < -0.3 is 10.8 Å². The highest BCUT2D eigenvalue weighted by Crippen LogP contribution is 1.67. The SMILES string of the molecule is CCC(=O)O.NC=O. The van der Waals surface area contributed by atoms with E-state index in [1.165, 1.54) is 0 Å². The van der Waals surface area contributed by atoms with Crippen LogP contribution in [0, 0.1) is 0 Å². The quantitative estimate of drug-likeness (QED) is 0.460.